The first-order chi connectivity index (χ1) is 9.75. The lowest BCUT2D eigenvalue weighted by molar-refractivity contribution is 0.0696. The maximum Gasteiger partial charge on any atom is 0.335 e. The van der Waals surface area contributed by atoms with E-state index in [1.54, 1.807) is 18.2 Å². The van der Waals surface area contributed by atoms with E-state index in [2.05, 4.69) is 5.32 Å². The van der Waals surface area contributed by atoms with Gasteiger partial charge in [-0.05, 0) is 29.8 Å². The molecule has 0 aliphatic carbocycles. The molecule has 0 aliphatic rings. The number of carboxylic acids is 1. The molecule has 2 rings (SSSR count). The molecule has 2 aromatic carbocycles. The molecule has 0 spiro atoms. The molecule has 2 N–H and O–H groups in total. The second-order valence-electron chi connectivity index (χ2n) is 4.34. The molecule has 20 heavy (non-hydrogen) atoms. The number of hydrogen-bond acceptors (Lipinski definition) is 3. The van der Waals surface area contributed by atoms with Crippen LogP contribution in [0.3, 0.4) is 0 Å². The highest BCUT2D eigenvalue weighted by Crippen LogP contribution is 2.07. The zero-order valence-corrected chi connectivity index (χ0v) is 11.1. The summed E-state index contributed by atoms with van der Waals surface area (Å²) in [7, 11) is 0. The van der Waals surface area contributed by atoms with Gasteiger partial charge in [-0.1, -0.05) is 30.3 Å². The molecule has 0 saturated heterocycles. The summed E-state index contributed by atoms with van der Waals surface area (Å²) in [5, 5.41) is 12.1. The normalized spacial score (nSPS) is 10.2. The van der Waals surface area contributed by atoms with Crippen molar-refractivity contribution in [3.63, 3.8) is 0 Å². The Balaban J connectivity index is 1.71. The Hall–Kier alpha value is -2.33. The maximum atomic E-state index is 10.8. The van der Waals surface area contributed by atoms with E-state index < -0.39 is 5.97 Å². The van der Waals surface area contributed by atoms with Crippen molar-refractivity contribution in [1.29, 1.82) is 0 Å². The highest BCUT2D eigenvalue weighted by molar-refractivity contribution is 5.87. The Morgan fingerprint density at radius 3 is 2.65 bits per heavy atom. The van der Waals surface area contributed by atoms with Gasteiger partial charge in [-0.3, -0.25) is 0 Å². The van der Waals surface area contributed by atoms with E-state index in [1.165, 1.54) is 0 Å². The molecule has 0 aromatic heterocycles. The van der Waals surface area contributed by atoms with E-state index in [0.29, 0.717) is 25.3 Å². The van der Waals surface area contributed by atoms with Crippen LogP contribution in [-0.4, -0.2) is 24.2 Å². The molecule has 0 radical (unpaired) electrons. The van der Waals surface area contributed by atoms with Gasteiger partial charge in [0.25, 0.3) is 0 Å². The molecule has 0 saturated carbocycles. The molecule has 0 atom stereocenters. The number of hydrogen-bond donors (Lipinski definition) is 2. The van der Waals surface area contributed by atoms with E-state index in [1.807, 2.05) is 36.4 Å². The average molecular weight is 271 g/mol. The standard InChI is InChI=1S/C16H17NO3/c18-16(19)14-6-4-5-13(11-14)12-17-9-10-20-15-7-2-1-3-8-15/h1-8,11,17H,9-10,12H2,(H,18,19). The molecule has 0 heterocycles. The quantitative estimate of drug-likeness (QED) is 0.760. The van der Waals surface area contributed by atoms with E-state index in [4.69, 9.17) is 9.84 Å². The average Bonchev–Trinajstić information content (AvgIpc) is 2.48. The number of benzene rings is 2. The summed E-state index contributed by atoms with van der Waals surface area (Å²) in [6, 6.07) is 16.5. The third kappa shape index (κ3) is 4.40. The van der Waals surface area contributed by atoms with Gasteiger partial charge in [0.05, 0.1) is 5.56 Å². The van der Waals surface area contributed by atoms with Gasteiger partial charge in [0, 0.05) is 13.1 Å². The first-order valence-electron chi connectivity index (χ1n) is 6.46. The topological polar surface area (TPSA) is 58.6 Å². The number of aromatic carboxylic acids is 1. The van der Waals surface area contributed by atoms with Gasteiger partial charge in [-0.15, -0.1) is 0 Å². The van der Waals surface area contributed by atoms with Crippen molar-refractivity contribution in [2.75, 3.05) is 13.2 Å². The van der Waals surface area contributed by atoms with Crippen molar-refractivity contribution in [3.8, 4) is 5.75 Å². The fourth-order valence-corrected chi connectivity index (χ4v) is 1.80. The highest BCUT2D eigenvalue weighted by Gasteiger charge is 2.02. The van der Waals surface area contributed by atoms with Crippen LogP contribution >= 0.6 is 0 Å². The number of carboxylic acid groups (broad SMARTS) is 1. The van der Waals surface area contributed by atoms with Crippen LogP contribution in [0.15, 0.2) is 54.6 Å². The Labute approximate surface area is 118 Å². The van der Waals surface area contributed by atoms with E-state index >= 15 is 0 Å². The molecule has 4 nitrogen and oxygen atoms in total. The van der Waals surface area contributed by atoms with Crippen molar-refractivity contribution >= 4 is 5.97 Å². The number of para-hydroxylation sites is 1. The SMILES string of the molecule is O=C(O)c1cccc(CNCCOc2ccccc2)c1. The van der Waals surface area contributed by atoms with Gasteiger partial charge in [0.2, 0.25) is 0 Å². The molecule has 104 valence electrons. The van der Waals surface area contributed by atoms with Crippen molar-refractivity contribution < 1.29 is 14.6 Å². The highest BCUT2D eigenvalue weighted by atomic mass is 16.5. The van der Waals surface area contributed by atoms with Crippen molar-refractivity contribution in [2.24, 2.45) is 0 Å². The number of carbonyl (C=O) groups is 1. The van der Waals surface area contributed by atoms with E-state index in [-0.39, 0.29) is 0 Å². The Bertz CT molecular complexity index is 555. The molecule has 2 aromatic rings. The molecule has 0 fully saturated rings. The second-order valence-corrected chi connectivity index (χ2v) is 4.34. The Morgan fingerprint density at radius 2 is 1.90 bits per heavy atom. The molecular formula is C16H17NO3. The largest absolute Gasteiger partial charge is 0.492 e. The molecule has 0 unspecified atom stereocenters. The predicted octanol–water partition coefficient (Wildman–Crippen LogP) is 2.55. The van der Waals surface area contributed by atoms with Gasteiger partial charge in [-0.2, -0.15) is 0 Å². The second kappa shape index (κ2) is 7.31. The summed E-state index contributed by atoms with van der Waals surface area (Å²) < 4.78 is 5.55. The molecule has 0 amide bonds. The lowest BCUT2D eigenvalue weighted by atomic mass is 10.1. The summed E-state index contributed by atoms with van der Waals surface area (Å²) >= 11 is 0. The minimum atomic E-state index is -0.903. The summed E-state index contributed by atoms with van der Waals surface area (Å²) in [4.78, 5) is 10.8. The summed E-state index contributed by atoms with van der Waals surface area (Å²) in [6.45, 7) is 1.90. The smallest absolute Gasteiger partial charge is 0.335 e. The van der Waals surface area contributed by atoms with Crippen LogP contribution in [0, 0.1) is 0 Å². The maximum absolute atomic E-state index is 10.8. The summed E-state index contributed by atoms with van der Waals surface area (Å²) in [5.74, 6) is -0.0542. The Kier molecular flexibility index (Phi) is 5.15. The Morgan fingerprint density at radius 1 is 1.10 bits per heavy atom. The fraction of sp³-hybridized carbons (Fsp3) is 0.188. The van der Waals surface area contributed by atoms with Crippen LogP contribution in [-0.2, 0) is 6.54 Å². The fourth-order valence-electron chi connectivity index (χ4n) is 1.80. The minimum Gasteiger partial charge on any atom is -0.492 e. The van der Waals surface area contributed by atoms with Crippen molar-refractivity contribution in [1.82, 2.24) is 5.32 Å². The van der Waals surface area contributed by atoms with E-state index in [0.717, 1.165) is 11.3 Å². The van der Waals surface area contributed by atoms with Crippen LogP contribution in [0.4, 0.5) is 0 Å². The first-order valence-corrected chi connectivity index (χ1v) is 6.46. The third-order valence-electron chi connectivity index (χ3n) is 2.79. The first kappa shape index (κ1) is 14.1. The number of rotatable bonds is 7. The lowest BCUT2D eigenvalue weighted by Gasteiger charge is -2.08. The molecule has 0 bridgehead atoms. The van der Waals surface area contributed by atoms with Gasteiger partial charge < -0.3 is 15.2 Å². The summed E-state index contributed by atoms with van der Waals surface area (Å²) in [5.41, 5.74) is 1.26. The number of nitrogens with one attached hydrogen (secondary N) is 1. The van der Waals surface area contributed by atoms with Gasteiger partial charge in [-0.25, -0.2) is 4.79 Å². The predicted molar refractivity (Wildman–Crippen MR) is 77.0 cm³/mol. The van der Waals surface area contributed by atoms with E-state index in [9.17, 15) is 4.79 Å². The monoisotopic (exact) mass is 271 g/mol. The summed E-state index contributed by atoms with van der Waals surface area (Å²) in [6.07, 6.45) is 0. The zero-order valence-electron chi connectivity index (χ0n) is 11.1. The third-order valence-corrected chi connectivity index (χ3v) is 2.79. The molecule has 4 heteroatoms. The molecular weight excluding hydrogens is 254 g/mol. The van der Waals surface area contributed by atoms with Crippen LogP contribution in [0.1, 0.15) is 15.9 Å². The molecule has 0 aliphatic heterocycles. The van der Waals surface area contributed by atoms with Crippen LogP contribution in [0.25, 0.3) is 0 Å². The number of ether oxygens (including phenoxy) is 1. The zero-order chi connectivity index (χ0) is 14.2. The lowest BCUT2D eigenvalue weighted by Crippen LogP contribution is -2.20. The van der Waals surface area contributed by atoms with Crippen LogP contribution in [0.2, 0.25) is 0 Å². The minimum absolute atomic E-state index is 0.310. The van der Waals surface area contributed by atoms with Crippen LogP contribution in [0.5, 0.6) is 5.75 Å². The van der Waals surface area contributed by atoms with Crippen molar-refractivity contribution in [3.05, 3.63) is 65.7 Å². The van der Waals surface area contributed by atoms with Gasteiger partial charge in [0.15, 0.2) is 0 Å². The van der Waals surface area contributed by atoms with Crippen molar-refractivity contribution in [2.45, 2.75) is 6.54 Å². The van der Waals surface area contributed by atoms with Crippen LogP contribution < -0.4 is 10.1 Å². The van der Waals surface area contributed by atoms with Gasteiger partial charge >= 0.3 is 5.97 Å². The van der Waals surface area contributed by atoms with Gasteiger partial charge in [0.1, 0.15) is 12.4 Å².